The quantitative estimate of drug-likeness (QED) is 0.397. The lowest BCUT2D eigenvalue weighted by molar-refractivity contribution is -0.125. The van der Waals surface area contributed by atoms with Crippen LogP contribution in [0.5, 0.6) is 0 Å². The standard InChI is InChI=1S/C6H8ClNO2/c1-4-2-3-5(9)8(4)6(7)10/h4H,2-3H2,1H3/t4-/m1/s1. The van der Waals surface area contributed by atoms with Crippen LogP contribution in [0.25, 0.3) is 0 Å². The fourth-order valence-corrected chi connectivity index (χ4v) is 1.36. The molecule has 1 aliphatic heterocycles. The van der Waals surface area contributed by atoms with Gasteiger partial charge in [-0.15, -0.1) is 0 Å². The molecular weight excluding hydrogens is 154 g/mol. The monoisotopic (exact) mass is 161 g/mol. The van der Waals surface area contributed by atoms with Crippen LogP contribution in [0.1, 0.15) is 19.8 Å². The number of amides is 2. The van der Waals surface area contributed by atoms with Crippen LogP contribution in [-0.4, -0.2) is 22.2 Å². The topological polar surface area (TPSA) is 37.4 Å². The molecule has 0 radical (unpaired) electrons. The molecule has 1 saturated heterocycles. The summed E-state index contributed by atoms with van der Waals surface area (Å²) in [6.45, 7) is 1.81. The third-order valence-corrected chi connectivity index (χ3v) is 1.86. The summed E-state index contributed by atoms with van der Waals surface area (Å²) in [5, 5.41) is -0.657. The molecule has 0 aliphatic carbocycles. The second kappa shape index (κ2) is 2.58. The Hall–Kier alpha value is -0.570. The van der Waals surface area contributed by atoms with Gasteiger partial charge in [0.1, 0.15) is 0 Å². The molecule has 1 aliphatic rings. The molecule has 0 bridgehead atoms. The SMILES string of the molecule is C[C@@H]1CCC(=O)N1C(=O)Cl. The Bertz CT molecular complexity index is 181. The third-order valence-electron chi connectivity index (χ3n) is 1.67. The van der Waals surface area contributed by atoms with Gasteiger partial charge in [-0.25, -0.2) is 0 Å². The maximum absolute atomic E-state index is 10.8. The van der Waals surface area contributed by atoms with E-state index in [-0.39, 0.29) is 11.9 Å². The number of carbonyl (C=O) groups is 2. The number of likely N-dealkylation sites (tertiary alicyclic amines) is 1. The van der Waals surface area contributed by atoms with Crippen molar-refractivity contribution in [3.05, 3.63) is 0 Å². The molecule has 0 aromatic rings. The molecule has 1 fully saturated rings. The van der Waals surface area contributed by atoms with Gasteiger partial charge in [0.25, 0.3) is 0 Å². The summed E-state index contributed by atoms with van der Waals surface area (Å²) < 4.78 is 0. The fraction of sp³-hybridized carbons (Fsp3) is 0.667. The first-order chi connectivity index (χ1) is 4.63. The Labute approximate surface area is 63.9 Å². The first-order valence-electron chi connectivity index (χ1n) is 3.14. The highest BCUT2D eigenvalue weighted by molar-refractivity contribution is 6.64. The summed E-state index contributed by atoms with van der Waals surface area (Å²) in [7, 11) is 0. The molecule has 4 heteroatoms. The smallest absolute Gasteiger partial charge is 0.274 e. The van der Waals surface area contributed by atoms with Gasteiger partial charge in [0.15, 0.2) is 0 Å². The highest BCUT2D eigenvalue weighted by Gasteiger charge is 2.31. The fourth-order valence-electron chi connectivity index (χ4n) is 1.10. The molecule has 10 heavy (non-hydrogen) atoms. The molecule has 0 aromatic carbocycles. The Balaban J connectivity index is 2.72. The number of hydrogen-bond donors (Lipinski definition) is 0. The van der Waals surface area contributed by atoms with Crippen LogP contribution in [-0.2, 0) is 4.79 Å². The van der Waals surface area contributed by atoms with Crippen LogP contribution in [0.15, 0.2) is 0 Å². The molecule has 1 rings (SSSR count). The van der Waals surface area contributed by atoms with E-state index in [1.807, 2.05) is 6.92 Å². The van der Waals surface area contributed by atoms with Crippen LogP contribution in [0.2, 0.25) is 0 Å². The molecule has 56 valence electrons. The minimum absolute atomic E-state index is 0.0162. The summed E-state index contributed by atoms with van der Waals surface area (Å²) in [5.74, 6) is -0.160. The van der Waals surface area contributed by atoms with Gasteiger partial charge in [-0.3, -0.25) is 14.5 Å². The zero-order valence-corrected chi connectivity index (χ0v) is 6.39. The molecule has 0 N–H and O–H groups in total. The van der Waals surface area contributed by atoms with Crippen LogP contribution < -0.4 is 0 Å². The summed E-state index contributed by atoms with van der Waals surface area (Å²) in [5.41, 5.74) is 0. The van der Waals surface area contributed by atoms with Gasteiger partial charge < -0.3 is 0 Å². The van der Waals surface area contributed by atoms with Gasteiger partial charge in [-0.05, 0) is 24.9 Å². The molecule has 2 amide bonds. The van der Waals surface area contributed by atoms with Crippen molar-refractivity contribution in [3.8, 4) is 0 Å². The Morgan fingerprint density at radius 3 is 2.60 bits per heavy atom. The second-order valence-corrected chi connectivity index (χ2v) is 2.73. The van der Waals surface area contributed by atoms with E-state index in [0.717, 1.165) is 11.3 Å². The van der Waals surface area contributed by atoms with Gasteiger partial charge in [0.05, 0.1) is 0 Å². The van der Waals surface area contributed by atoms with Crippen molar-refractivity contribution in [3.63, 3.8) is 0 Å². The van der Waals surface area contributed by atoms with Gasteiger partial charge >= 0.3 is 5.37 Å². The zero-order valence-electron chi connectivity index (χ0n) is 5.63. The average Bonchev–Trinajstić information content (AvgIpc) is 2.11. The Morgan fingerprint density at radius 2 is 2.40 bits per heavy atom. The van der Waals surface area contributed by atoms with E-state index in [2.05, 4.69) is 0 Å². The van der Waals surface area contributed by atoms with Crippen molar-refractivity contribution >= 4 is 22.9 Å². The van der Waals surface area contributed by atoms with Gasteiger partial charge in [-0.2, -0.15) is 0 Å². The van der Waals surface area contributed by atoms with Crippen molar-refractivity contribution in [2.75, 3.05) is 0 Å². The lowest BCUT2D eigenvalue weighted by atomic mass is 10.2. The third kappa shape index (κ3) is 1.14. The van der Waals surface area contributed by atoms with E-state index in [9.17, 15) is 9.59 Å². The Morgan fingerprint density at radius 1 is 1.80 bits per heavy atom. The van der Waals surface area contributed by atoms with E-state index in [1.54, 1.807) is 0 Å². The summed E-state index contributed by atoms with van der Waals surface area (Å²) in [6, 6.07) is -0.0162. The Kier molecular flexibility index (Phi) is 1.94. The first-order valence-corrected chi connectivity index (χ1v) is 3.52. The molecule has 0 spiro atoms. The van der Waals surface area contributed by atoms with E-state index in [0.29, 0.717) is 6.42 Å². The lowest BCUT2D eigenvalue weighted by Gasteiger charge is -2.14. The van der Waals surface area contributed by atoms with Crippen molar-refractivity contribution in [2.45, 2.75) is 25.8 Å². The van der Waals surface area contributed by atoms with Gasteiger partial charge in [0, 0.05) is 12.5 Å². The first kappa shape index (κ1) is 7.54. The van der Waals surface area contributed by atoms with Gasteiger partial charge in [0.2, 0.25) is 5.91 Å². The van der Waals surface area contributed by atoms with E-state index in [4.69, 9.17) is 11.6 Å². The number of imide groups is 1. The molecule has 1 heterocycles. The number of hydrogen-bond acceptors (Lipinski definition) is 2. The van der Waals surface area contributed by atoms with Crippen molar-refractivity contribution in [1.82, 2.24) is 4.90 Å². The number of halogens is 1. The molecule has 0 aromatic heterocycles. The van der Waals surface area contributed by atoms with Crippen LogP contribution in [0.3, 0.4) is 0 Å². The lowest BCUT2D eigenvalue weighted by Crippen LogP contribution is -2.32. The maximum atomic E-state index is 10.8. The number of carbonyl (C=O) groups excluding carboxylic acids is 2. The van der Waals surface area contributed by atoms with Crippen molar-refractivity contribution < 1.29 is 9.59 Å². The predicted octanol–water partition coefficient (Wildman–Crippen LogP) is 1.36. The number of nitrogens with zero attached hydrogens (tertiary/aromatic N) is 1. The summed E-state index contributed by atoms with van der Waals surface area (Å²) in [6.07, 6.45) is 1.18. The summed E-state index contributed by atoms with van der Waals surface area (Å²) >= 11 is 5.14. The van der Waals surface area contributed by atoms with E-state index >= 15 is 0 Å². The highest BCUT2D eigenvalue weighted by atomic mass is 35.5. The highest BCUT2D eigenvalue weighted by Crippen LogP contribution is 2.19. The van der Waals surface area contributed by atoms with E-state index < -0.39 is 5.37 Å². The molecule has 3 nitrogen and oxygen atoms in total. The van der Waals surface area contributed by atoms with Crippen molar-refractivity contribution in [2.24, 2.45) is 0 Å². The molecular formula is C6H8ClNO2. The number of rotatable bonds is 0. The van der Waals surface area contributed by atoms with Crippen molar-refractivity contribution in [1.29, 1.82) is 0 Å². The predicted molar refractivity (Wildman–Crippen MR) is 36.8 cm³/mol. The van der Waals surface area contributed by atoms with Crippen LogP contribution in [0, 0.1) is 0 Å². The minimum atomic E-state index is -0.657. The summed E-state index contributed by atoms with van der Waals surface area (Å²) in [4.78, 5) is 22.5. The maximum Gasteiger partial charge on any atom is 0.323 e. The van der Waals surface area contributed by atoms with Crippen LogP contribution >= 0.6 is 11.6 Å². The molecule has 1 atom stereocenters. The average molecular weight is 162 g/mol. The minimum Gasteiger partial charge on any atom is -0.274 e. The second-order valence-electron chi connectivity index (χ2n) is 2.40. The van der Waals surface area contributed by atoms with Gasteiger partial charge in [-0.1, -0.05) is 0 Å². The van der Waals surface area contributed by atoms with Crippen LogP contribution in [0.4, 0.5) is 4.79 Å². The normalized spacial score (nSPS) is 25.6. The molecule has 0 saturated carbocycles. The molecule has 0 unspecified atom stereocenters. The zero-order chi connectivity index (χ0) is 7.72. The largest absolute Gasteiger partial charge is 0.323 e. The van der Waals surface area contributed by atoms with E-state index in [1.165, 1.54) is 0 Å².